The first-order valence-corrected chi connectivity index (χ1v) is 6.29. The Labute approximate surface area is 132 Å². The first kappa shape index (κ1) is 18.2. The molecule has 1 rings (SSSR count). The predicted molar refractivity (Wildman–Crippen MR) is 88.0 cm³/mol. The van der Waals surface area contributed by atoms with Gasteiger partial charge >= 0.3 is 0 Å². The van der Waals surface area contributed by atoms with Crippen LogP contribution in [0.15, 0.2) is 27.8 Å². The van der Waals surface area contributed by atoms with Crippen molar-refractivity contribution in [3.8, 4) is 0 Å². The fourth-order valence-electron chi connectivity index (χ4n) is 1.42. The summed E-state index contributed by atoms with van der Waals surface area (Å²) >= 11 is 0. The van der Waals surface area contributed by atoms with Crippen LogP contribution in [0.1, 0.15) is 26.0 Å². The molecule has 1 aromatic rings. The maximum absolute atomic E-state index is 5.48. The van der Waals surface area contributed by atoms with E-state index in [1.165, 1.54) is 0 Å². The van der Waals surface area contributed by atoms with Crippen LogP contribution in [-0.4, -0.2) is 32.2 Å². The average Bonchev–Trinajstić information content (AvgIpc) is 2.84. The molecule has 0 radical (unpaired) electrons. The number of hydrogen-bond acceptors (Lipinski definition) is 3. The Morgan fingerprint density at radius 1 is 1.47 bits per heavy atom. The highest BCUT2D eigenvalue weighted by Crippen LogP contribution is 2.01. The molecule has 1 aromatic heterocycles. The van der Waals surface area contributed by atoms with E-state index >= 15 is 0 Å². The third-order valence-electron chi connectivity index (χ3n) is 2.23. The fourth-order valence-corrected chi connectivity index (χ4v) is 1.42. The van der Waals surface area contributed by atoms with Crippen LogP contribution in [0.25, 0.3) is 0 Å². The Bertz CT molecular complexity index is 340. The van der Waals surface area contributed by atoms with Crippen molar-refractivity contribution in [1.82, 2.24) is 10.6 Å². The summed E-state index contributed by atoms with van der Waals surface area (Å²) < 4.78 is 10.7. The van der Waals surface area contributed by atoms with Gasteiger partial charge in [0.1, 0.15) is 12.4 Å². The van der Waals surface area contributed by atoms with Crippen LogP contribution in [-0.2, 0) is 11.3 Å². The monoisotopic (exact) mass is 381 g/mol. The first-order valence-electron chi connectivity index (χ1n) is 6.29. The van der Waals surface area contributed by atoms with Gasteiger partial charge in [-0.25, -0.2) is 0 Å². The third-order valence-corrected chi connectivity index (χ3v) is 2.23. The number of nitrogens with one attached hydrogen (secondary N) is 2. The summed E-state index contributed by atoms with van der Waals surface area (Å²) in [7, 11) is 1.77. The summed E-state index contributed by atoms with van der Waals surface area (Å²) in [6.45, 7) is 6.24. The Morgan fingerprint density at radius 2 is 2.26 bits per heavy atom. The van der Waals surface area contributed by atoms with E-state index in [1.807, 2.05) is 12.1 Å². The summed E-state index contributed by atoms with van der Waals surface area (Å²) in [4.78, 5) is 4.13. The molecule has 2 N–H and O–H groups in total. The lowest BCUT2D eigenvalue weighted by molar-refractivity contribution is 0.105. The number of rotatable bonds is 7. The summed E-state index contributed by atoms with van der Waals surface area (Å²) in [5.74, 6) is 1.69. The lowest BCUT2D eigenvalue weighted by atomic mass is 10.4. The second-order valence-electron chi connectivity index (χ2n) is 4.28. The lowest BCUT2D eigenvalue weighted by Crippen LogP contribution is -2.41. The minimum absolute atomic E-state index is 0. The standard InChI is InChI=1S/C13H23N3O2.HI/c1-11(2)16-13(14-3)15-7-5-8-17-10-12-6-4-9-18-12;/h4,6,9,11H,5,7-8,10H2,1-3H3,(H2,14,15,16);1H. The van der Waals surface area contributed by atoms with Gasteiger partial charge in [0.25, 0.3) is 0 Å². The van der Waals surface area contributed by atoms with Crippen LogP contribution < -0.4 is 10.6 Å². The second-order valence-corrected chi connectivity index (χ2v) is 4.28. The largest absolute Gasteiger partial charge is 0.467 e. The van der Waals surface area contributed by atoms with E-state index in [9.17, 15) is 0 Å². The van der Waals surface area contributed by atoms with Crippen molar-refractivity contribution >= 4 is 29.9 Å². The molecule has 0 aromatic carbocycles. The van der Waals surface area contributed by atoms with Crippen molar-refractivity contribution in [2.75, 3.05) is 20.2 Å². The van der Waals surface area contributed by atoms with E-state index in [-0.39, 0.29) is 24.0 Å². The molecule has 0 spiro atoms. The van der Waals surface area contributed by atoms with Crippen molar-refractivity contribution < 1.29 is 9.15 Å². The second kappa shape index (κ2) is 11.1. The molecule has 110 valence electrons. The highest BCUT2D eigenvalue weighted by atomic mass is 127. The molecule has 1 heterocycles. The van der Waals surface area contributed by atoms with E-state index < -0.39 is 0 Å². The summed E-state index contributed by atoms with van der Waals surface area (Å²) in [6, 6.07) is 4.15. The van der Waals surface area contributed by atoms with Crippen LogP contribution in [0.4, 0.5) is 0 Å². The molecule has 0 saturated heterocycles. The quantitative estimate of drug-likeness (QED) is 0.330. The topological polar surface area (TPSA) is 58.8 Å². The Hall–Kier alpha value is -0.760. The SMILES string of the molecule is CN=C(NCCCOCc1ccco1)NC(C)C.I. The fraction of sp³-hybridized carbons (Fsp3) is 0.615. The number of guanidine groups is 1. The van der Waals surface area contributed by atoms with Crippen LogP contribution >= 0.6 is 24.0 Å². The van der Waals surface area contributed by atoms with Crippen LogP contribution in [0.2, 0.25) is 0 Å². The summed E-state index contributed by atoms with van der Waals surface area (Å²) in [5.41, 5.74) is 0. The molecule has 0 aliphatic heterocycles. The van der Waals surface area contributed by atoms with Gasteiger partial charge in [-0.05, 0) is 32.4 Å². The Balaban J connectivity index is 0.00000324. The minimum atomic E-state index is 0. The first-order chi connectivity index (χ1) is 8.72. The highest BCUT2D eigenvalue weighted by molar-refractivity contribution is 14.0. The molecule has 0 fully saturated rings. The molecule has 0 atom stereocenters. The summed E-state index contributed by atoms with van der Waals surface area (Å²) in [6.07, 6.45) is 2.58. The molecular formula is C13H24IN3O2. The van der Waals surface area contributed by atoms with E-state index in [1.54, 1.807) is 13.3 Å². The van der Waals surface area contributed by atoms with Crippen LogP contribution in [0, 0.1) is 0 Å². The van der Waals surface area contributed by atoms with Gasteiger partial charge in [-0.15, -0.1) is 24.0 Å². The molecule has 0 bridgehead atoms. The zero-order valence-corrected chi connectivity index (χ0v) is 14.1. The third kappa shape index (κ3) is 8.88. The van der Waals surface area contributed by atoms with Crippen molar-refractivity contribution in [3.63, 3.8) is 0 Å². The maximum Gasteiger partial charge on any atom is 0.191 e. The van der Waals surface area contributed by atoms with E-state index in [4.69, 9.17) is 9.15 Å². The number of ether oxygens (including phenoxy) is 1. The Morgan fingerprint density at radius 3 is 2.84 bits per heavy atom. The van der Waals surface area contributed by atoms with Gasteiger partial charge < -0.3 is 19.8 Å². The van der Waals surface area contributed by atoms with Gasteiger partial charge in [0.15, 0.2) is 5.96 Å². The molecule has 19 heavy (non-hydrogen) atoms. The lowest BCUT2D eigenvalue weighted by Gasteiger charge is -2.14. The molecule has 0 unspecified atom stereocenters. The minimum Gasteiger partial charge on any atom is -0.467 e. The highest BCUT2D eigenvalue weighted by Gasteiger charge is 1.99. The predicted octanol–water partition coefficient (Wildman–Crippen LogP) is 2.38. The molecule has 6 heteroatoms. The zero-order chi connectivity index (χ0) is 13.2. The van der Waals surface area contributed by atoms with Gasteiger partial charge in [0, 0.05) is 26.2 Å². The number of nitrogens with zero attached hydrogens (tertiary/aromatic N) is 1. The number of hydrogen-bond donors (Lipinski definition) is 2. The molecule has 0 aliphatic carbocycles. The molecular weight excluding hydrogens is 357 g/mol. The van der Waals surface area contributed by atoms with Crippen molar-refractivity contribution in [3.05, 3.63) is 24.2 Å². The number of aliphatic imine (C=N–C) groups is 1. The van der Waals surface area contributed by atoms with E-state index in [0.29, 0.717) is 19.3 Å². The molecule has 5 nitrogen and oxygen atoms in total. The Kier molecular flexibility index (Phi) is 10.7. The van der Waals surface area contributed by atoms with Crippen molar-refractivity contribution in [1.29, 1.82) is 0 Å². The zero-order valence-electron chi connectivity index (χ0n) is 11.8. The normalized spacial score (nSPS) is 11.3. The molecule has 0 saturated carbocycles. The van der Waals surface area contributed by atoms with Gasteiger partial charge in [0.05, 0.1) is 6.26 Å². The maximum atomic E-state index is 5.48. The summed E-state index contributed by atoms with van der Waals surface area (Å²) in [5, 5.41) is 6.46. The van der Waals surface area contributed by atoms with Crippen molar-refractivity contribution in [2.24, 2.45) is 4.99 Å². The van der Waals surface area contributed by atoms with E-state index in [0.717, 1.165) is 24.7 Å². The van der Waals surface area contributed by atoms with Crippen molar-refractivity contribution in [2.45, 2.75) is 32.9 Å². The van der Waals surface area contributed by atoms with Gasteiger partial charge in [-0.3, -0.25) is 4.99 Å². The van der Waals surface area contributed by atoms with Gasteiger partial charge in [-0.1, -0.05) is 0 Å². The van der Waals surface area contributed by atoms with Crippen LogP contribution in [0.3, 0.4) is 0 Å². The molecule has 0 amide bonds. The molecule has 0 aliphatic rings. The number of halogens is 1. The van der Waals surface area contributed by atoms with Crippen LogP contribution in [0.5, 0.6) is 0 Å². The average molecular weight is 381 g/mol. The number of furan rings is 1. The smallest absolute Gasteiger partial charge is 0.191 e. The van der Waals surface area contributed by atoms with Gasteiger partial charge in [0.2, 0.25) is 0 Å². The van der Waals surface area contributed by atoms with Gasteiger partial charge in [-0.2, -0.15) is 0 Å². The van der Waals surface area contributed by atoms with E-state index in [2.05, 4.69) is 29.5 Å².